The van der Waals surface area contributed by atoms with Gasteiger partial charge in [0.05, 0.1) is 5.69 Å². The summed E-state index contributed by atoms with van der Waals surface area (Å²) < 4.78 is 0. The number of benzene rings is 2. The van der Waals surface area contributed by atoms with Gasteiger partial charge in [-0.3, -0.25) is 4.79 Å². The van der Waals surface area contributed by atoms with Crippen LogP contribution in [0.2, 0.25) is 0 Å². The Bertz CT molecular complexity index is 838. The fourth-order valence-electron chi connectivity index (χ4n) is 5.29. The van der Waals surface area contributed by atoms with Crippen LogP contribution in [0.25, 0.3) is 0 Å². The molecule has 1 N–H and O–H groups in total. The van der Waals surface area contributed by atoms with Crippen molar-refractivity contribution in [2.75, 3.05) is 23.3 Å². The van der Waals surface area contributed by atoms with Crippen molar-refractivity contribution >= 4 is 17.8 Å². The molecule has 188 valence electrons. The molecule has 0 saturated heterocycles. The Morgan fingerprint density at radius 1 is 0.735 bits per heavy atom. The Labute approximate surface area is 209 Å². The minimum Gasteiger partial charge on any atom is -0.383 e. The van der Waals surface area contributed by atoms with Gasteiger partial charge in [-0.05, 0) is 71.6 Å². The van der Waals surface area contributed by atoms with Crippen molar-refractivity contribution in [1.82, 2.24) is 0 Å². The fraction of sp³-hybridized carbons (Fsp3) is 0.581. The molecule has 0 radical (unpaired) electrons. The van der Waals surface area contributed by atoms with E-state index in [2.05, 4.69) is 97.1 Å². The minimum absolute atomic E-state index is 0.362. The molecule has 0 fully saturated rings. The number of rotatable bonds is 14. The summed E-state index contributed by atoms with van der Waals surface area (Å²) >= 11 is 0. The van der Waals surface area contributed by atoms with E-state index in [4.69, 9.17) is 0 Å². The summed E-state index contributed by atoms with van der Waals surface area (Å²) in [7, 11) is 0. The van der Waals surface area contributed by atoms with Crippen LogP contribution in [0, 0.1) is 0 Å². The molecule has 2 rings (SSSR count). The van der Waals surface area contributed by atoms with Crippen molar-refractivity contribution in [3.63, 3.8) is 0 Å². The molecule has 3 heteroatoms. The highest BCUT2D eigenvalue weighted by Crippen LogP contribution is 2.38. The number of para-hydroxylation sites is 2. The number of anilines is 2. The zero-order chi connectivity index (χ0) is 25.3. The van der Waals surface area contributed by atoms with Crippen LogP contribution in [0.1, 0.15) is 127 Å². The van der Waals surface area contributed by atoms with Gasteiger partial charge in [0.15, 0.2) is 0 Å². The molecular weight excluding hydrogens is 416 g/mol. The summed E-state index contributed by atoms with van der Waals surface area (Å²) in [5.74, 6) is 1.82. The van der Waals surface area contributed by atoms with E-state index < -0.39 is 0 Å². The average Bonchev–Trinajstić information content (AvgIpc) is 2.84. The molecule has 0 aliphatic rings. The number of hydrogen-bond donors (Lipinski definition) is 1. The summed E-state index contributed by atoms with van der Waals surface area (Å²) in [6.45, 7) is 19.3. The first-order valence-corrected chi connectivity index (χ1v) is 13.6. The molecule has 0 aliphatic heterocycles. The van der Waals surface area contributed by atoms with Crippen LogP contribution in [0.3, 0.4) is 0 Å². The summed E-state index contributed by atoms with van der Waals surface area (Å²) in [5, 5.41) is 3.81. The van der Waals surface area contributed by atoms with Crippen LogP contribution in [-0.2, 0) is 4.79 Å². The van der Waals surface area contributed by atoms with Crippen LogP contribution in [-0.4, -0.2) is 19.5 Å². The Hall–Kier alpha value is -2.29. The van der Waals surface area contributed by atoms with Gasteiger partial charge in [0.25, 0.3) is 0 Å². The first kappa shape index (κ1) is 28.0. The number of hydrogen-bond acceptors (Lipinski definition) is 2. The van der Waals surface area contributed by atoms with Crippen LogP contribution < -0.4 is 10.2 Å². The molecular formula is C31H48N2O. The van der Waals surface area contributed by atoms with Gasteiger partial charge in [0, 0.05) is 18.8 Å². The molecule has 0 bridgehead atoms. The summed E-state index contributed by atoms with van der Waals surface area (Å²) in [4.78, 5) is 14.3. The molecule has 2 aromatic carbocycles. The average molecular weight is 465 g/mol. The third-order valence-electron chi connectivity index (χ3n) is 7.39. The molecule has 3 nitrogen and oxygen atoms in total. The van der Waals surface area contributed by atoms with E-state index >= 15 is 0 Å². The second-order valence-electron chi connectivity index (χ2n) is 10.2. The van der Waals surface area contributed by atoms with Crippen molar-refractivity contribution < 1.29 is 4.79 Å². The Kier molecular flexibility index (Phi) is 11.1. The standard InChI is InChI=1S/C31H48N2O/c1-9-24(10-2)28-17-14-18-29(25(11-3)12-4)30(28)32-19-20-33(21-34)31-26(22(5)6)15-13-16-27(31)23(7)8/h13-18,21-25,32H,9-12,19-20H2,1-8H3. The molecule has 0 saturated carbocycles. The smallest absolute Gasteiger partial charge is 0.214 e. The predicted octanol–water partition coefficient (Wildman–Crippen LogP) is 8.82. The van der Waals surface area contributed by atoms with Gasteiger partial charge < -0.3 is 10.2 Å². The molecule has 34 heavy (non-hydrogen) atoms. The summed E-state index contributed by atoms with van der Waals surface area (Å²) in [6.07, 6.45) is 5.56. The molecule has 0 aromatic heterocycles. The number of amides is 1. The quantitative estimate of drug-likeness (QED) is 0.283. The van der Waals surface area contributed by atoms with Crippen molar-refractivity contribution in [2.45, 2.75) is 105 Å². The third kappa shape index (κ3) is 6.43. The molecule has 0 unspecified atom stereocenters. The van der Waals surface area contributed by atoms with Crippen molar-refractivity contribution in [1.29, 1.82) is 0 Å². The first-order chi connectivity index (χ1) is 16.3. The van der Waals surface area contributed by atoms with Gasteiger partial charge in [0.1, 0.15) is 0 Å². The van der Waals surface area contributed by atoms with Crippen LogP contribution >= 0.6 is 0 Å². The normalized spacial score (nSPS) is 11.6. The minimum atomic E-state index is 0.362. The zero-order valence-corrected chi connectivity index (χ0v) is 22.9. The lowest BCUT2D eigenvalue weighted by Gasteiger charge is -2.29. The second-order valence-corrected chi connectivity index (χ2v) is 10.2. The van der Waals surface area contributed by atoms with E-state index in [0.29, 0.717) is 30.2 Å². The van der Waals surface area contributed by atoms with Gasteiger partial charge in [-0.25, -0.2) is 0 Å². The lowest BCUT2D eigenvalue weighted by molar-refractivity contribution is -0.107. The maximum absolute atomic E-state index is 12.3. The van der Waals surface area contributed by atoms with E-state index in [0.717, 1.165) is 44.3 Å². The van der Waals surface area contributed by atoms with E-state index in [-0.39, 0.29) is 0 Å². The van der Waals surface area contributed by atoms with Gasteiger partial charge >= 0.3 is 0 Å². The Morgan fingerprint density at radius 3 is 1.50 bits per heavy atom. The maximum Gasteiger partial charge on any atom is 0.214 e. The maximum atomic E-state index is 12.3. The second kappa shape index (κ2) is 13.6. The van der Waals surface area contributed by atoms with E-state index in [1.165, 1.54) is 27.9 Å². The number of carbonyl (C=O) groups is 1. The fourth-order valence-corrected chi connectivity index (χ4v) is 5.29. The van der Waals surface area contributed by atoms with E-state index in [1.807, 2.05) is 4.90 Å². The van der Waals surface area contributed by atoms with Crippen LogP contribution in [0.5, 0.6) is 0 Å². The Balaban J connectivity index is 2.40. The zero-order valence-electron chi connectivity index (χ0n) is 22.9. The summed E-state index contributed by atoms with van der Waals surface area (Å²) in [5.41, 5.74) is 7.74. The summed E-state index contributed by atoms with van der Waals surface area (Å²) in [6, 6.07) is 13.3. The lowest BCUT2D eigenvalue weighted by Crippen LogP contribution is -2.30. The van der Waals surface area contributed by atoms with Crippen LogP contribution in [0.4, 0.5) is 11.4 Å². The molecule has 2 aromatic rings. The van der Waals surface area contributed by atoms with E-state index in [9.17, 15) is 4.79 Å². The molecule has 0 aliphatic carbocycles. The van der Waals surface area contributed by atoms with E-state index in [1.54, 1.807) is 0 Å². The molecule has 0 heterocycles. The van der Waals surface area contributed by atoms with Gasteiger partial charge in [-0.2, -0.15) is 0 Å². The SMILES string of the molecule is CCC(CC)c1cccc(C(CC)CC)c1NCCN(C=O)c1c(C(C)C)cccc1C(C)C. The predicted molar refractivity (Wildman–Crippen MR) is 150 cm³/mol. The molecule has 0 atom stereocenters. The number of nitrogens with zero attached hydrogens (tertiary/aromatic N) is 1. The largest absolute Gasteiger partial charge is 0.383 e. The number of nitrogens with one attached hydrogen (secondary N) is 1. The Morgan fingerprint density at radius 2 is 1.15 bits per heavy atom. The molecule has 0 spiro atoms. The highest BCUT2D eigenvalue weighted by molar-refractivity contribution is 5.80. The monoisotopic (exact) mass is 464 g/mol. The van der Waals surface area contributed by atoms with Gasteiger partial charge in [0.2, 0.25) is 6.41 Å². The van der Waals surface area contributed by atoms with Crippen molar-refractivity contribution in [3.8, 4) is 0 Å². The highest BCUT2D eigenvalue weighted by atomic mass is 16.1. The van der Waals surface area contributed by atoms with Gasteiger partial charge in [-0.1, -0.05) is 91.8 Å². The third-order valence-corrected chi connectivity index (χ3v) is 7.39. The van der Waals surface area contributed by atoms with Crippen LogP contribution in [0.15, 0.2) is 36.4 Å². The lowest BCUT2D eigenvalue weighted by atomic mass is 9.85. The van der Waals surface area contributed by atoms with Crippen molar-refractivity contribution in [2.24, 2.45) is 0 Å². The highest BCUT2D eigenvalue weighted by Gasteiger charge is 2.21. The topological polar surface area (TPSA) is 32.3 Å². The number of carbonyl (C=O) groups excluding carboxylic acids is 1. The van der Waals surface area contributed by atoms with Gasteiger partial charge in [-0.15, -0.1) is 0 Å². The van der Waals surface area contributed by atoms with Crippen molar-refractivity contribution in [3.05, 3.63) is 58.7 Å². The molecule has 1 amide bonds. The first-order valence-electron chi connectivity index (χ1n) is 13.6.